The molecule has 2 fully saturated rings. The zero-order chi connectivity index (χ0) is 25.4. The molecule has 0 aromatic carbocycles. The van der Waals surface area contributed by atoms with Crippen molar-refractivity contribution in [2.24, 2.45) is 0 Å². The summed E-state index contributed by atoms with van der Waals surface area (Å²) in [6.45, 7) is 7.83. The average Bonchev–Trinajstić information content (AvgIpc) is 3.71. The highest BCUT2D eigenvalue weighted by Crippen LogP contribution is 2.40. The first-order chi connectivity index (χ1) is 18.1. The predicted octanol–water partition coefficient (Wildman–Crippen LogP) is 4.85. The van der Waals surface area contributed by atoms with Gasteiger partial charge in [-0.05, 0) is 80.2 Å². The molecule has 4 heterocycles. The molecule has 2 aliphatic carbocycles. The van der Waals surface area contributed by atoms with Crippen LogP contribution in [0.4, 0.5) is 0 Å². The van der Waals surface area contributed by atoms with Crippen LogP contribution >= 0.6 is 0 Å². The standard InChI is InChI=1S/C30H35N5O2/c1-20-13-22(16-32-30(20)24-5-7-26(8-6-24)34-9-11-37-12-10-34)14-29(36)28-19-33-35(21(28)2)27-15-25(17-31-18-27)23-3-4-23/h5,13,15-19,23,26H,3-4,6-12,14H2,1-2H3. The lowest BCUT2D eigenvalue weighted by Gasteiger charge is -2.36. The van der Waals surface area contributed by atoms with E-state index in [1.807, 2.05) is 30.2 Å². The molecule has 0 bridgehead atoms. The minimum absolute atomic E-state index is 0.0641. The number of carbonyl (C=O) groups is 1. The monoisotopic (exact) mass is 497 g/mol. The van der Waals surface area contributed by atoms with Gasteiger partial charge in [0.15, 0.2) is 5.78 Å². The summed E-state index contributed by atoms with van der Waals surface area (Å²) in [6.07, 6.45) is 15.7. The maximum absolute atomic E-state index is 13.2. The summed E-state index contributed by atoms with van der Waals surface area (Å²) in [5, 5.41) is 4.52. The molecule has 3 aliphatic rings. The van der Waals surface area contributed by atoms with Gasteiger partial charge < -0.3 is 4.74 Å². The largest absolute Gasteiger partial charge is 0.379 e. The maximum atomic E-state index is 13.2. The molecular formula is C30H35N5O2. The molecule has 7 heteroatoms. The Balaban J connectivity index is 1.13. The van der Waals surface area contributed by atoms with Gasteiger partial charge in [-0.15, -0.1) is 0 Å². The van der Waals surface area contributed by atoms with E-state index >= 15 is 0 Å². The van der Waals surface area contributed by atoms with Crippen LogP contribution in [0.3, 0.4) is 0 Å². The molecule has 3 aromatic heterocycles. The number of morpholine rings is 1. The first kappa shape index (κ1) is 24.2. The lowest BCUT2D eigenvalue weighted by atomic mass is 9.90. The number of pyridine rings is 2. The molecule has 0 radical (unpaired) electrons. The molecule has 1 saturated carbocycles. The van der Waals surface area contributed by atoms with Crippen LogP contribution in [-0.4, -0.2) is 62.8 Å². The number of ether oxygens (including phenoxy) is 1. The summed E-state index contributed by atoms with van der Waals surface area (Å²) >= 11 is 0. The van der Waals surface area contributed by atoms with Crippen molar-refractivity contribution in [1.82, 2.24) is 24.6 Å². The van der Waals surface area contributed by atoms with Crippen LogP contribution in [0.5, 0.6) is 0 Å². The van der Waals surface area contributed by atoms with E-state index < -0.39 is 0 Å². The maximum Gasteiger partial charge on any atom is 0.170 e. The van der Waals surface area contributed by atoms with E-state index in [0.717, 1.165) is 73.8 Å². The summed E-state index contributed by atoms with van der Waals surface area (Å²) in [4.78, 5) is 25.0. The molecule has 0 amide bonds. The van der Waals surface area contributed by atoms with Gasteiger partial charge in [0.25, 0.3) is 0 Å². The van der Waals surface area contributed by atoms with E-state index in [-0.39, 0.29) is 5.78 Å². The van der Waals surface area contributed by atoms with Crippen molar-refractivity contribution < 1.29 is 9.53 Å². The number of nitrogens with zero attached hydrogens (tertiary/aromatic N) is 5. The fourth-order valence-corrected chi connectivity index (χ4v) is 5.80. The number of allylic oxidation sites excluding steroid dienone is 1. The smallest absolute Gasteiger partial charge is 0.170 e. The second kappa shape index (κ2) is 10.3. The van der Waals surface area contributed by atoms with Crippen LogP contribution in [0.2, 0.25) is 0 Å². The fraction of sp³-hybridized carbons (Fsp3) is 0.467. The minimum Gasteiger partial charge on any atom is -0.379 e. The van der Waals surface area contributed by atoms with E-state index in [1.54, 1.807) is 6.20 Å². The fourth-order valence-electron chi connectivity index (χ4n) is 5.80. The van der Waals surface area contributed by atoms with Gasteiger partial charge in [0.2, 0.25) is 0 Å². The quantitative estimate of drug-likeness (QED) is 0.435. The number of hydrogen-bond donors (Lipinski definition) is 0. The Kier molecular flexibility index (Phi) is 6.74. The van der Waals surface area contributed by atoms with Crippen molar-refractivity contribution in [1.29, 1.82) is 0 Å². The third-order valence-electron chi connectivity index (χ3n) is 8.10. The second-order valence-corrected chi connectivity index (χ2v) is 10.7. The summed E-state index contributed by atoms with van der Waals surface area (Å²) in [5.41, 5.74) is 8.16. The molecule has 192 valence electrons. The lowest BCUT2D eigenvalue weighted by Crippen LogP contribution is -2.43. The van der Waals surface area contributed by atoms with Gasteiger partial charge in [0.05, 0.1) is 48.2 Å². The highest BCUT2D eigenvalue weighted by atomic mass is 16.5. The van der Waals surface area contributed by atoms with Crippen molar-refractivity contribution in [3.05, 3.63) is 76.6 Å². The Morgan fingerprint density at radius 1 is 1.05 bits per heavy atom. The van der Waals surface area contributed by atoms with Gasteiger partial charge in [0, 0.05) is 37.9 Å². The molecule has 6 rings (SSSR count). The SMILES string of the molecule is Cc1cc(CC(=O)c2cnn(-c3cncc(C4CC4)c3)c2C)cnc1C1=CCC(N2CCOCC2)CC1. The molecule has 1 atom stereocenters. The second-order valence-electron chi connectivity index (χ2n) is 10.7. The highest BCUT2D eigenvalue weighted by Gasteiger charge is 2.26. The van der Waals surface area contributed by atoms with Gasteiger partial charge in [-0.25, -0.2) is 4.68 Å². The Bertz CT molecular complexity index is 1330. The topological polar surface area (TPSA) is 73.1 Å². The molecule has 0 N–H and O–H groups in total. The Labute approximate surface area is 218 Å². The predicted molar refractivity (Wildman–Crippen MR) is 143 cm³/mol. The van der Waals surface area contributed by atoms with Crippen molar-refractivity contribution in [3.63, 3.8) is 0 Å². The Morgan fingerprint density at radius 3 is 2.62 bits per heavy atom. The van der Waals surface area contributed by atoms with Crippen LogP contribution in [0.25, 0.3) is 11.3 Å². The van der Waals surface area contributed by atoms with Gasteiger partial charge in [-0.2, -0.15) is 5.10 Å². The average molecular weight is 498 g/mol. The molecule has 0 spiro atoms. The number of rotatable bonds is 7. The molecule has 1 aliphatic heterocycles. The third kappa shape index (κ3) is 5.15. The lowest BCUT2D eigenvalue weighted by molar-refractivity contribution is 0.0150. The van der Waals surface area contributed by atoms with Gasteiger partial charge in [-0.1, -0.05) is 12.1 Å². The number of aryl methyl sites for hydroxylation is 1. The van der Waals surface area contributed by atoms with E-state index in [9.17, 15) is 4.79 Å². The number of carbonyl (C=O) groups excluding carboxylic acids is 1. The van der Waals surface area contributed by atoms with Crippen molar-refractivity contribution in [2.75, 3.05) is 26.3 Å². The van der Waals surface area contributed by atoms with Gasteiger partial charge in [0.1, 0.15) is 0 Å². The Morgan fingerprint density at radius 2 is 1.89 bits per heavy atom. The van der Waals surface area contributed by atoms with Crippen molar-refractivity contribution in [2.45, 2.75) is 64.3 Å². The molecule has 7 nitrogen and oxygen atoms in total. The first-order valence-corrected chi connectivity index (χ1v) is 13.6. The van der Waals surface area contributed by atoms with Crippen LogP contribution in [0.1, 0.15) is 76.5 Å². The molecule has 1 unspecified atom stereocenters. The third-order valence-corrected chi connectivity index (χ3v) is 8.10. The van der Waals surface area contributed by atoms with Crippen molar-refractivity contribution in [3.8, 4) is 5.69 Å². The Hall–Kier alpha value is -3.16. The van der Waals surface area contributed by atoms with Crippen LogP contribution in [-0.2, 0) is 11.2 Å². The molecule has 1 saturated heterocycles. The minimum atomic E-state index is 0.0641. The molecule has 3 aromatic rings. The van der Waals surface area contributed by atoms with Crippen LogP contribution in [0, 0.1) is 13.8 Å². The van der Waals surface area contributed by atoms with Crippen LogP contribution in [0.15, 0.2) is 43.0 Å². The number of hydrogen-bond acceptors (Lipinski definition) is 6. The summed E-state index contributed by atoms with van der Waals surface area (Å²) in [7, 11) is 0. The van der Waals surface area contributed by atoms with Crippen LogP contribution < -0.4 is 0 Å². The van der Waals surface area contributed by atoms with Gasteiger partial charge in [-0.3, -0.25) is 19.7 Å². The van der Waals surface area contributed by atoms with E-state index in [0.29, 0.717) is 23.9 Å². The molecular weight excluding hydrogens is 462 g/mol. The first-order valence-electron chi connectivity index (χ1n) is 13.6. The van der Waals surface area contributed by atoms with Crippen molar-refractivity contribution >= 4 is 11.4 Å². The summed E-state index contributed by atoms with van der Waals surface area (Å²) in [6, 6.07) is 4.88. The number of ketones is 1. The van der Waals surface area contributed by atoms with E-state index in [1.165, 1.54) is 24.0 Å². The number of Topliss-reactive ketones (excluding diaryl/α,β-unsaturated/α-hetero) is 1. The zero-order valence-corrected chi connectivity index (χ0v) is 21.8. The number of aromatic nitrogens is 4. The van der Waals surface area contributed by atoms with Gasteiger partial charge >= 0.3 is 0 Å². The molecule has 37 heavy (non-hydrogen) atoms. The van der Waals surface area contributed by atoms with E-state index in [4.69, 9.17) is 9.72 Å². The van der Waals surface area contributed by atoms with E-state index in [2.05, 4.69) is 40.1 Å². The summed E-state index contributed by atoms with van der Waals surface area (Å²) < 4.78 is 7.34. The highest BCUT2D eigenvalue weighted by molar-refractivity contribution is 5.98. The zero-order valence-electron chi connectivity index (χ0n) is 21.8. The normalized spacial score (nSPS) is 20.6. The summed E-state index contributed by atoms with van der Waals surface area (Å²) in [5.74, 6) is 0.688.